The Morgan fingerprint density at radius 3 is 2.36 bits per heavy atom. The molecule has 1 N–H and O–H groups in total. The van der Waals surface area contributed by atoms with Crippen molar-refractivity contribution in [3.63, 3.8) is 0 Å². The van der Waals surface area contributed by atoms with Crippen molar-refractivity contribution in [3.05, 3.63) is 47.3 Å². The van der Waals surface area contributed by atoms with E-state index in [4.69, 9.17) is 0 Å². The number of aromatic nitrogens is 2. The first kappa shape index (κ1) is 26.9. The Kier molecular flexibility index (Phi) is 8.74. The molecule has 1 aromatic heterocycles. The summed E-state index contributed by atoms with van der Waals surface area (Å²) in [6.45, 7) is 17.3. The van der Waals surface area contributed by atoms with Crippen molar-refractivity contribution >= 4 is 15.9 Å². The van der Waals surface area contributed by atoms with Crippen molar-refractivity contribution in [1.29, 1.82) is 0 Å². The third-order valence-corrected chi connectivity index (χ3v) is 6.47. The first-order valence-corrected chi connectivity index (χ1v) is 13.2. The van der Waals surface area contributed by atoms with Gasteiger partial charge in [-0.05, 0) is 45.1 Å². The predicted octanol–water partition coefficient (Wildman–Crippen LogP) is 4.79. The Balaban J connectivity index is 2.41. The number of nitrogens with one attached hydrogen (secondary N) is 1. The Hall–Kier alpha value is -2.35. The van der Waals surface area contributed by atoms with Crippen LogP contribution in [-0.2, 0) is 28.7 Å². The molecule has 8 heteroatoms. The molecule has 1 aromatic carbocycles. The third-order valence-electron chi connectivity index (χ3n) is 4.87. The van der Waals surface area contributed by atoms with Gasteiger partial charge in [0.1, 0.15) is 0 Å². The fourth-order valence-electron chi connectivity index (χ4n) is 3.67. The zero-order valence-corrected chi connectivity index (χ0v) is 22.2. The number of rotatable bonds is 9. The van der Waals surface area contributed by atoms with Crippen LogP contribution in [0.2, 0.25) is 0 Å². The SMILES string of the molecule is Cc1cccc(CS(=O)(=O)c2ncc(CN(CC(C)C)C(=O)NC(C)(C)C)n2CC(C)C)c1. The zero-order valence-electron chi connectivity index (χ0n) is 21.3. The lowest BCUT2D eigenvalue weighted by Crippen LogP contribution is -2.49. The molecule has 2 aromatic rings. The molecule has 0 unspecified atom stereocenters. The number of nitrogens with zero attached hydrogens (tertiary/aromatic N) is 3. The second-order valence-electron chi connectivity index (χ2n) is 10.7. The summed E-state index contributed by atoms with van der Waals surface area (Å²) in [5.41, 5.74) is 2.10. The van der Waals surface area contributed by atoms with Crippen molar-refractivity contribution in [2.75, 3.05) is 6.54 Å². The van der Waals surface area contributed by atoms with Gasteiger partial charge in [0.05, 0.1) is 24.2 Å². The first-order chi connectivity index (χ1) is 15.2. The standard InChI is InChI=1S/C25H40N4O3S/c1-18(2)14-28(23(30)27-25(6,7)8)16-22-13-26-24(29(22)15-19(3)4)33(31,32)17-21-11-9-10-20(5)12-21/h9-13,18-19H,14-17H2,1-8H3,(H,27,30). The van der Waals surface area contributed by atoms with Gasteiger partial charge in [0.25, 0.3) is 0 Å². The van der Waals surface area contributed by atoms with Crippen LogP contribution >= 0.6 is 0 Å². The summed E-state index contributed by atoms with van der Waals surface area (Å²) in [5, 5.41) is 3.08. The summed E-state index contributed by atoms with van der Waals surface area (Å²) in [4.78, 5) is 19.1. The summed E-state index contributed by atoms with van der Waals surface area (Å²) >= 11 is 0. The highest BCUT2D eigenvalue weighted by atomic mass is 32.2. The van der Waals surface area contributed by atoms with E-state index in [1.807, 2.05) is 65.8 Å². The summed E-state index contributed by atoms with van der Waals surface area (Å²) < 4.78 is 28.4. The van der Waals surface area contributed by atoms with Crippen molar-refractivity contribution in [3.8, 4) is 0 Å². The molecule has 2 rings (SSSR count). The van der Waals surface area contributed by atoms with E-state index in [1.165, 1.54) is 0 Å². The number of hydrogen-bond donors (Lipinski definition) is 1. The maximum absolute atomic E-state index is 13.3. The van der Waals surface area contributed by atoms with E-state index in [1.54, 1.807) is 15.7 Å². The molecule has 0 spiro atoms. The van der Waals surface area contributed by atoms with Crippen molar-refractivity contribution in [2.45, 2.75) is 84.9 Å². The molecular weight excluding hydrogens is 436 g/mol. The molecule has 0 aliphatic carbocycles. The van der Waals surface area contributed by atoms with Gasteiger partial charge in [0, 0.05) is 18.6 Å². The van der Waals surface area contributed by atoms with Crippen LogP contribution < -0.4 is 5.32 Å². The number of imidazole rings is 1. The topological polar surface area (TPSA) is 84.3 Å². The second kappa shape index (κ2) is 10.7. The van der Waals surface area contributed by atoms with E-state index in [9.17, 15) is 13.2 Å². The van der Waals surface area contributed by atoms with Gasteiger partial charge in [-0.15, -0.1) is 0 Å². The lowest BCUT2D eigenvalue weighted by molar-refractivity contribution is 0.177. The van der Waals surface area contributed by atoms with Crippen LogP contribution in [0.4, 0.5) is 4.79 Å². The fourth-order valence-corrected chi connectivity index (χ4v) is 5.16. The number of benzene rings is 1. The minimum Gasteiger partial charge on any atom is -0.333 e. The van der Waals surface area contributed by atoms with Gasteiger partial charge in [-0.1, -0.05) is 57.5 Å². The minimum absolute atomic E-state index is 0.0634. The molecule has 0 aliphatic heterocycles. The summed E-state index contributed by atoms with van der Waals surface area (Å²) in [7, 11) is -3.66. The number of carbonyl (C=O) groups is 1. The number of sulfone groups is 1. The lowest BCUT2D eigenvalue weighted by atomic mass is 10.1. The number of urea groups is 1. The monoisotopic (exact) mass is 476 g/mol. The molecule has 7 nitrogen and oxygen atoms in total. The molecule has 0 aliphatic rings. The lowest BCUT2D eigenvalue weighted by Gasteiger charge is -2.30. The molecule has 0 saturated heterocycles. The van der Waals surface area contributed by atoms with E-state index >= 15 is 0 Å². The Bertz CT molecular complexity index is 1050. The van der Waals surface area contributed by atoms with Gasteiger partial charge >= 0.3 is 6.03 Å². The molecule has 2 amide bonds. The largest absolute Gasteiger partial charge is 0.333 e. The van der Waals surface area contributed by atoms with Gasteiger partial charge in [0.15, 0.2) is 0 Å². The van der Waals surface area contributed by atoms with Gasteiger partial charge in [0.2, 0.25) is 15.0 Å². The summed E-state index contributed by atoms with van der Waals surface area (Å²) in [6, 6.07) is 7.35. The van der Waals surface area contributed by atoms with Gasteiger partial charge in [-0.25, -0.2) is 18.2 Å². The molecule has 0 fully saturated rings. The van der Waals surface area contributed by atoms with Crippen LogP contribution in [0.5, 0.6) is 0 Å². The molecule has 0 atom stereocenters. The van der Waals surface area contributed by atoms with E-state index in [2.05, 4.69) is 24.1 Å². The summed E-state index contributed by atoms with van der Waals surface area (Å²) in [6.07, 6.45) is 1.60. The molecule has 184 valence electrons. The maximum Gasteiger partial charge on any atom is 0.318 e. The predicted molar refractivity (Wildman–Crippen MR) is 133 cm³/mol. The van der Waals surface area contributed by atoms with Crippen molar-refractivity contribution in [2.24, 2.45) is 11.8 Å². The van der Waals surface area contributed by atoms with Crippen molar-refractivity contribution < 1.29 is 13.2 Å². The Labute approximate surface area is 199 Å². The van der Waals surface area contributed by atoms with Gasteiger partial charge < -0.3 is 14.8 Å². The van der Waals surface area contributed by atoms with Gasteiger partial charge in [-0.3, -0.25) is 0 Å². The zero-order chi connectivity index (χ0) is 25.0. The second-order valence-corrected chi connectivity index (χ2v) is 12.6. The normalized spacial score (nSPS) is 12.4. The minimum atomic E-state index is -3.66. The number of amides is 2. The molecule has 0 bridgehead atoms. The van der Waals surface area contributed by atoms with E-state index in [0.717, 1.165) is 16.8 Å². The number of hydrogen-bond acceptors (Lipinski definition) is 4. The average Bonchev–Trinajstić information content (AvgIpc) is 3.01. The van der Waals surface area contributed by atoms with E-state index in [-0.39, 0.29) is 34.3 Å². The Morgan fingerprint density at radius 2 is 1.82 bits per heavy atom. The fraction of sp³-hybridized carbons (Fsp3) is 0.600. The number of carbonyl (C=O) groups excluding carboxylic acids is 1. The highest BCUT2D eigenvalue weighted by Gasteiger charge is 2.27. The van der Waals surface area contributed by atoms with E-state index in [0.29, 0.717) is 19.6 Å². The molecule has 33 heavy (non-hydrogen) atoms. The molecule has 0 radical (unpaired) electrons. The van der Waals surface area contributed by atoms with Crippen LogP contribution in [0.25, 0.3) is 0 Å². The highest BCUT2D eigenvalue weighted by Crippen LogP contribution is 2.21. The van der Waals surface area contributed by atoms with Crippen LogP contribution in [0.15, 0.2) is 35.6 Å². The van der Waals surface area contributed by atoms with Crippen molar-refractivity contribution in [1.82, 2.24) is 19.8 Å². The van der Waals surface area contributed by atoms with Crippen LogP contribution in [0.3, 0.4) is 0 Å². The molecule has 0 saturated carbocycles. The third kappa shape index (κ3) is 8.18. The maximum atomic E-state index is 13.3. The molecule has 1 heterocycles. The molecular formula is C25H40N4O3S. The highest BCUT2D eigenvalue weighted by molar-refractivity contribution is 7.90. The number of aryl methyl sites for hydroxylation is 1. The smallest absolute Gasteiger partial charge is 0.318 e. The van der Waals surface area contributed by atoms with Crippen LogP contribution in [0, 0.1) is 18.8 Å². The first-order valence-electron chi connectivity index (χ1n) is 11.6. The Morgan fingerprint density at radius 1 is 1.15 bits per heavy atom. The van der Waals surface area contributed by atoms with Crippen LogP contribution in [-0.4, -0.2) is 41.0 Å². The summed E-state index contributed by atoms with van der Waals surface area (Å²) in [5.74, 6) is 0.373. The quantitative estimate of drug-likeness (QED) is 0.564. The van der Waals surface area contributed by atoms with E-state index < -0.39 is 9.84 Å². The van der Waals surface area contributed by atoms with Crippen LogP contribution in [0.1, 0.15) is 65.3 Å². The van der Waals surface area contributed by atoms with Gasteiger partial charge in [-0.2, -0.15) is 0 Å². The average molecular weight is 477 g/mol.